The van der Waals surface area contributed by atoms with E-state index in [0.29, 0.717) is 17.1 Å². The van der Waals surface area contributed by atoms with Crippen LogP contribution >= 0.6 is 0 Å². The van der Waals surface area contributed by atoms with Gasteiger partial charge in [-0.2, -0.15) is 8.42 Å². The fourth-order valence-electron chi connectivity index (χ4n) is 1.50. The number of aromatic amines is 1. The Morgan fingerprint density at radius 1 is 1.47 bits per heavy atom. The van der Waals surface area contributed by atoms with Crippen LogP contribution in [0.5, 0.6) is 0 Å². The predicted octanol–water partition coefficient (Wildman–Crippen LogP) is 0.803. The molecule has 0 unspecified atom stereocenters. The molecule has 0 aliphatic carbocycles. The van der Waals surface area contributed by atoms with Gasteiger partial charge in [-0.15, -0.1) is 0 Å². The van der Waals surface area contributed by atoms with Crippen LogP contribution in [0.3, 0.4) is 0 Å². The molecule has 0 radical (unpaired) electrons. The molecular weight excluding hydrogens is 266 g/mol. The fourth-order valence-corrected chi connectivity index (χ4v) is 2.52. The molecule has 8 heteroatoms. The molecule has 2 aromatic rings. The minimum absolute atomic E-state index is 0.0155. The molecule has 1 heterocycles. The standard InChI is InChI=1S/C11H13N5O2S/c1-7-14-6-10(15-7)19(17,18)16-9-4-2-3-8(5-9)11(12)13/h2-6,16H,1H3,(H3,12,13)(H,14,15). The number of nitrogen functional groups attached to an aromatic ring is 1. The zero-order valence-electron chi connectivity index (χ0n) is 10.1. The number of H-pyrrole nitrogens is 1. The smallest absolute Gasteiger partial charge is 0.278 e. The van der Waals surface area contributed by atoms with Crippen molar-refractivity contribution in [3.63, 3.8) is 0 Å². The van der Waals surface area contributed by atoms with Gasteiger partial charge in [0.2, 0.25) is 0 Å². The molecule has 0 fully saturated rings. The van der Waals surface area contributed by atoms with Crippen molar-refractivity contribution >= 4 is 21.5 Å². The molecule has 0 saturated heterocycles. The van der Waals surface area contributed by atoms with E-state index in [-0.39, 0.29) is 10.9 Å². The summed E-state index contributed by atoms with van der Waals surface area (Å²) in [6.07, 6.45) is 1.24. The monoisotopic (exact) mass is 279 g/mol. The molecule has 0 saturated carbocycles. The molecule has 7 nitrogen and oxygen atoms in total. The van der Waals surface area contributed by atoms with E-state index in [4.69, 9.17) is 11.1 Å². The van der Waals surface area contributed by atoms with Gasteiger partial charge in [0.25, 0.3) is 10.0 Å². The molecule has 0 spiro atoms. The van der Waals surface area contributed by atoms with Gasteiger partial charge >= 0.3 is 0 Å². The Kier molecular flexibility index (Phi) is 3.26. The molecule has 0 amide bonds. The average molecular weight is 279 g/mol. The Balaban J connectivity index is 2.30. The zero-order valence-corrected chi connectivity index (χ0v) is 11.0. The first kappa shape index (κ1) is 13.1. The van der Waals surface area contributed by atoms with Crippen LogP contribution in [0, 0.1) is 12.3 Å². The van der Waals surface area contributed by atoms with Gasteiger partial charge in [-0.1, -0.05) is 12.1 Å². The predicted molar refractivity (Wildman–Crippen MR) is 71.6 cm³/mol. The summed E-state index contributed by atoms with van der Waals surface area (Å²) in [5, 5.41) is 7.30. The van der Waals surface area contributed by atoms with Crippen LogP contribution in [0.1, 0.15) is 11.4 Å². The Bertz CT molecular complexity index is 720. The fraction of sp³-hybridized carbons (Fsp3) is 0.0909. The van der Waals surface area contributed by atoms with Gasteiger partial charge in [0.1, 0.15) is 11.7 Å². The van der Waals surface area contributed by atoms with E-state index in [2.05, 4.69) is 14.7 Å². The second-order valence-electron chi connectivity index (χ2n) is 3.93. The maximum absolute atomic E-state index is 12.0. The van der Waals surface area contributed by atoms with Crippen LogP contribution in [0.25, 0.3) is 0 Å². The Morgan fingerprint density at radius 2 is 2.21 bits per heavy atom. The second-order valence-corrected chi connectivity index (χ2v) is 5.58. The molecule has 0 atom stereocenters. The number of nitrogens with two attached hydrogens (primary N) is 1. The van der Waals surface area contributed by atoms with Gasteiger partial charge in [-0.05, 0) is 19.1 Å². The highest BCUT2D eigenvalue weighted by Gasteiger charge is 2.16. The van der Waals surface area contributed by atoms with Crippen molar-refractivity contribution in [2.45, 2.75) is 11.9 Å². The maximum Gasteiger partial charge on any atom is 0.278 e. The first-order valence-electron chi connectivity index (χ1n) is 5.37. The number of rotatable bonds is 4. The van der Waals surface area contributed by atoms with E-state index >= 15 is 0 Å². The summed E-state index contributed by atoms with van der Waals surface area (Å²) >= 11 is 0. The number of amidine groups is 1. The number of aryl methyl sites for hydroxylation is 1. The second kappa shape index (κ2) is 4.73. The molecule has 1 aromatic heterocycles. The molecule has 5 N–H and O–H groups in total. The number of benzene rings is 1. The summed E-state index contributed by atoms with van der Waals surface area (Å²) in [5.41, 5.74) is 6.13. The summed E-state index contributed by atoms with van der Waals surface area (Å²) in [6, 6.07) is 6.31. The molecule has 2 rings (SSSR count). The third-order valence-corrected chi connectivity index (χ3v) is 3.69. The number of imidazole rings is 1. The summed E-state index contributed by atoms with van der Waals surface area (Å²) in [5.74, 6) is 0.385. The minimum Gasteiger partial charge on any atom is -0.384 e. The first-order chi connectivity index (χ1) is 8.88. The van der Waals surface area contributed by atoms with Gasteiger partial charge in [0.15, 0.2) is 5.03 Å². The van der Waals surface area contributed by atoms with Gasteiger partial charge < -0.3 is 10.7 Å². The lowest BCUT2D eigenvalue weighted by Crippen LogP contribution is -2.15. The lowest BCUT2D eigenvalue weighted by molar-refractivity contribution is 0.598. The number of nitrogens with one attached hydrogen (secondary N) is 3. The van der Waals surface area contributed by atoms with Gasteiger partial charge in [-0.3, -0.25) is 10.1 Å². The molecule has 19 heavy (non-hydrogen) atoms. The summed E-state index contributed by atoms with van der Waals surface area (Å²) in [4.78, 5) is 6.49. The number of nitrogens with zero attached hydrogens (tertiary/aromatic N) is 1. The summed E-state index contributed by atoms with van der Waals surface area (Å²) < 4.78 is 26.4. The van der Waals surface area contributed by atoms with Crippen molar-refractivity contribution in [3.05, 3.63) is 41.9 Å². The number of aromatic nitrogens is 2. The summed E-state index contributed by atoms with van der Waals surface area (Å²) in [7, 11) is -3.71. The molecule has 1 aromatic carbocycles. The number of hydrogen-bond acceptors (Lipinski definition) is 4. The molecule has 0 aliphatic heterocycles. The largest absolute Gasteiger partial charge is 0.384 e. The highest BCUT2D eigenvalue weighted by atomic mass is 32.2. The van der Waals surface area contributed by atoms with E-state index in [9.17, 15) is 8.42 Å². The van der Waals surface area contributed by atoms with Gasteiger partial charge in [-0.25, -0.2) is 4.98 Å². The third-order valence-electron chi connectivity index (χ3n) is 2.39. The maximum atomic E-state index is 12.0. The van der Waals surface area contributed by atoms with E-state index in [1.165, 1.54) is 12.3 Å². The molecule has 100 valence electrons. The van der Waals surface area contributed by atoms with Crippen LogP contribution < -0.4 is 10.5 Å². The zero-order chi connectivity index (χ0) is 14.0. The van der Waals surface area contributed by atoms with Gasteiger partial charge in [0, 0.05) is 11.3 Å². The number of sulfonamides is 1. The number of anilines is 1. The highest BCUT2D eigenvalue weighted by Crippen LogP contribution is 2.15. The van der Waals surface area contributed by atoms with Crippen molar-refractivity contribution in [1.29, 1.82) is 5.41 Å². The van der Waals surface area contributed by atoms with Crippen molar-refractivity contribution in [1.82, 2.24) is 9.97 Å². The van der Waals surface area contributed by atoms with E-state index < -0.39 is 10.0 Å². The Hall–Kier alpha value is -2.35. The van der Waals surface area contributed by atoms with Crippen LogP contribution in [0.4, 0.5) is 5.69 Å². The van der Waals surface area contributed by atoms with Crippen molar-refractivity contribution in [2.75, 3.05) is 4.72 Å². The third kappa shape index (κ3) is 2.91. The van der Waals surface area contributed by atoms with Crippen molar-refractivity contribution in [2.24, 2.45) is 5.73 Å². The molecule has 0 aliphatic rings. The van der Waals surface area contributed by atoms with E-state index in [1.807, 2.05) is 0 Å². The van der Waals surface area contributed by atoms with Crippen molar-refractivity contribution < 1.29 is 8.42 Å². The van der Waals surface area contributed by atoms with Crippen LogP contribution in [0.15, 0.2) is 35.5 Å². The van der Waals surface area contributed by atoms with E-state index in [1.54, 1.807) is 25.1 Å². The minimum atomic E-state index is -3.71. The Morgan fingerprint density at radius 3 is 2.79 bits per heavy atom. The topological polar surface area (TPSA) is 125 Å². The highest BCUT2D eigenvalue weighted by molar-refractivity contribution is 7.92. The SMILES string of the molecule is Cc1ncc(S(=O)(=O)Nc2cccc(C(=N)N)c2)[nH]1. The molecule has 0 bridgehead atoms. The van der Waals surface area contributed by atoms with Crippen LogP contribution in [0.2, 0.25) is 0 Å². The Labute approximate surface area is 110 Å². The first-order valence-corrected chi connectivity index (χ1v) is 6.86. The lowest BCUT2D eigenvalue weighted by Gasteiger charge is -2.07. The van der Waals surface area contributed by atoms with E-state index in [0.717, 1.165) is 0 Å². The van der Waals surface area contributed by atoms with Gasteiger partial charge in [0.05, 0.1) is 6.20 Å². The summed E-state index contributed by atoms with van der Waals surface area (Å²) in [6.45, 7) is 1.66. The number of hydrogen-bond donors (Lipinski definition) is 4. The van der Waals surface area contributed by atoms with Crippen molar-refractivity contribution in [3.8, 4) is 0 Å². The lowest BCUT2D eigenvalue weighted by atomic mass is 10.2. The van der Waals surface area contributed by atoms with Crippen LogP contribution in [-0.4, -0.2) is 24.2 Å². The normalized spacial score (nSPS) is 11.2. The average Bonchev–Trinajstić information content (AvgIpc) is 2.76. The quantitative estimate of drug-likeness (QED) is 0.488. The molecular formula is C11H13N5O2S. The van der Waals surface area contributed by atoms with Crippen LogP contribution in [-0.2, 0) is 10.0 Å².